The zero-order valence-electron chi connectivity index (χ0n) is 11.6. The van der Waals surface area contributed by atoms with E-state index >= 15 is 0 Å². The first-order valence-corrected chi connectivity index (χ1v) is 7.74. The van der Waals surface area contributed by atoms with E-state index in [9.17, 15) is 4.79 Å². The number of hydrazine groups is 1. The number of nitrogen functional groups attached to an aromatic ring is 1. The van der Waals surface area contributed by atoms with Gasteiger partial charge in [-0.15, -0.1) is 11.3 Å². The normalized spacial score (nSPS) is 19.6. The molecule has 1 atom stereocenters. The standard InChI is InChI=1S/C15H19N3OS/c1-10-6-7-18(8-10)9-12-11-4-2-3-5-13(11)20-14(12)15(19)17-16/h2-5,10H,6-9,16H2,1H3,(H,17,19). The monoisotopic (exact) mass is 289 g/mol. The van der Waals surface area contributed by atoms with Crippen LogP contribution >= 0.6 is 11.3 Å². The van der Waals surface area contributed by atoms with Gasteiger partial charge in [-0.05, 0) is 35.9 Å². The number of hydrogen-bond donors (Lipinski definition) is 2. The van der Waals surface area contributed by atoms with E-state index in [1.807, 2.05) is 12.1 Å². The van der Waals surface area contributed by atoms with Gasteiger partial charge in [-0.3, -0.25) is 15.1 Å². The predicted octanol–water partition coefficient (Wildman–Crippen LogP) is 2.35. The number of carbonyl (C=O) groups is 1. The van der Waals surface area contributed by atoms with Gasteiger partial charge in [-0.1, -0.05) is 25.1 Å². The number of nitrogens with zero attached hydrogens (tertiary/aromatic N) is 1. The molecule has 0 spiro atoms. The summed E-state index contributed by atoms with van der Waals surface area (Å²) in [6.45, 7) is 5.32. The number of nitrogens with two attached hydrogens (primary N) is 1. The van der Waals surface area contributed by atoms with E-state index < -0.39 is 0 Å². The largest absolute Gasteiger partial charge is 0.299 e. The Labute approximate surface area is 122 Å². The van der Waals surface area contributed by atoms with Crippen LogP contribution in [0.5, 0.6) is 0 Å². The Morgan fingerprint density at radius 1 is 1.50 bits per heavy atom. The highest BCUT2D eigenvalue weighted by Gasteiger charge is 2.23. The number of likely N-dealkylation sites (tertiary alicyclic amines) is 1. The van der Waals surface area contributed by atoms with Gasteiger partial charge >= 0.3 is 0 Å². The van der Waals surface area contributed by atoms with Crippen molar-refractivity contribution in [2.75, 3.05) is 13.1 Å². The Kier molecular flexibility index (Phi) is 3.74. The number of thiophene rings is 1. The maximum Gasteiger partial charge on any atom is 0.275 e. The average molecular weight is 289 g/mol. The molecule has 1 aromatic heterocycles. The number of carbonyl (C=O) groups excluding carboxylic acids is 1. The quantitative estimate of drug-likeness (QED) is 0.518. The Hall–Kier alpha value is -1.43. The first-order chi connectivity index (χ1) is 9.69. The molecule has 0 saturated carbocycles. The van der Waals surface area contributed by atoms with Gasteiger partial charge in [0.15, 0.2) is 0 Å². The lowest BCUT2D eigenvalue weighted by Crippen LogP contribution is -2.30. The van der Waals surface area contributed by atoms with E-state index in [0.29, 0.717) is 0 Å². The SMILES string of the molecule is CC1CCN(Cc2c(C(=O)NN)sc3ccccc23)C1. The number of nitrogens with one attached hydrogen (secondary N) is 1. The molecule has 20 heavy (non-hydrogen) atoms. The van der Waals surface area contributed by atoms with Crippen molar-refractivity contribution in [2.45, 2.75) is 19.9 Å². The van der Waals surface area contributed by atoms with Gasteiger partial charge < -0.3 is 0 Å². The molecule has 106 valence electrons. The van der Waals surface area contributed by atoms with Crippen LogP contribution in [0.1, 0.15) is 28.6 Å². The van der Waals surface area contributed by atoms with E-state index in [2.05, 4.69) is 29.4 Å². The molecule has 1 unspecified atom stereocenters. The minimum absolute atomic E-state index is 0.187. The molecule has 0 bridgehead atoms. The Morgan fingerprint density at radius 2 is 2.30 bits per heavy atom. The van der Waals surface area contributed by atoms with E-state index in [4.69, 9.17) is 5.84 Å². The molecule has 1 saturated heterocycles. The van der Waals surface area contributed by atoms with Gasteiger partial charge in [-0.25, -0.2) is 5.84 Å². The molecular formula is C15H19N3OS. The molecule has 4 nitrogen and oxygen atoms in total. The molecule has 1 aromatic carbocycles. The fourth-order valence-corrected chi connectivity index (χ4v) is 4.02. The highest BCUT2D eigenvalue weighted by atomic mass is 32.1. The van der Waals surface area contributed by atoms with Crippen LogP contribution in [0.25, 0.3) is 10.1 Å². The van der Waals surface area contributed by atoms with Crippen molar-refractivity contribution in [1.82, 2.24) is 10.3 Å². The lowest BCUT2D eigenvalue weighted by molar-refractivity contribution is 0.0956. The minimum Gasteiger partial charge on any atom is -0.299 e. The number of rotatable bonds is 3. The van der Waals surface area contributed by atoms with Crippen molar-refractivity contribution in [2.24, 2.45) is 11.8 Å². The van der Waals surface area contributed by atoms with Crippen molar-refractivity contribution >= 4 is 27.3 Å². The molecule has 1 amide bonds. The van der Waals surface area contributed by atoms with E-state index in [0.717, 1.165) is 40.7 Å². The van der Waals surface area contributed by atoms with Crippen LogP contribution in [0.4, 0.5) is 0 Å². The summed E-state index contributed by atoms with van der Waals surface area (Å²) < 4.78 is 1.15. The summed E-state index contributed by atoms with van der Waals surface area (Å²) >= 11 is 1.52. The lowest BCUT2D eigenvalue weighted by Gasteiger charge is -2.15. The van der Waals surface area contributed by atoms with Crippen LogP contribution in [0.15, 0.2) is 24.3 Å². The molecule has 0 aliphatic carbocycles. The van der Waals surface area contributed by atoms with Crippen LogP contribution in [0.3, 0.4) is 0 Å². The Bertz CT molecular complexity index is 637. The van der Waals surface area contributed by atoms with Gasteiger partial charge in [0.2, 0.25) is 0 Å². The molecule has 2 aromatic rings. The average Bonchev–Trinajstić information content (AvgIpc) is 3.03. The zero-order valence-corrected chi connectivity index (χ0v) is 12.4. The Balaban J connectivity index is 2.00. The number of amides is 1. The molecule has 5 heteroatoms. The predicted molar refractivity (Wildman–Crippen MR) is 82.5 cm³/mol. The summed E-state index contributed by atoms with van der Waals surface area (Å²) in [5, 5.41) is 1.18. The smallest absolute Gasteiger partial charge is 0.275 e. The van der Waals surface area contributed by atoms with Gasteiger partial charge in [0, 0.05) is 17.8 Å². The van der Waals surface area contributed by atoms with Gasteiger partial charge in [-0.2, -0.15) is 0 Å². The fourth-order valence-electron chi connectivity index (χ4n) is 2.90. The number of fused-ring (bicyclic) bond motifs is 1. The van der Waals surface area contributed by atoms with Crippen LogP contribution < -0.4 is 11.3 Å². The highest BCUT2D eigenvalue weighted by Crippen LogP contribution is 2.33. The highest BCUT2D eigenvalue weighted by molar-refractivity contribution is 7.21. The second-order valence-electron chi connectivity index (χ2n) is 5.51. The summed E-state index contributed by atoms with van der Waals surface area (Å²) in [7, 11) is 0. The van der Waals surface area contributed by atoms with Crippen molar-refractivity contribution in [1.29, 1.82) is 0 Å². The number of hydrogen-bond acceptors (Lipinski definition) is 4. The molecule has 1 fully saturated rings. The van der Waals surface area contributed by atoms with Gasteiger partial charge in [0.05, 0.1) is 4.88 Å². The molecule has 2 heterocycles. The van der Waals surface area contributed by atoms with Gasteiger partial charge in [0.25, 0.3) is 5.91 Å². The summed E-state index contributed by atoms with van der Waals surface area (Å²) in [5.74, 6) is 5.87. The van der Waals surface area contributed by atoms with E-state index in [1.165, 1.54) is 23.1 Å². The molecule has 3 N–H and O–H groups in total. The Morgan fingerprint density at radius 3 is 3.00 bits per heavy atom. The minimum atomic E-state index is -0.187. The van der Waals surface area contributed by atoms with Crippen LogP contribution in [-0.2, 0) is 6.54 Å². The summed E-state index contributed by atoms with van der Waals surface area (Å²) in [4.78, 5) is 15.2. The lowest BCUT2D eigenvalue weighted by atomic mass is 10.1. The maximum atomic E-state index is 12.0. The van der Waals surface area contributed by atoms with Gasteiger partial charge in [0.1, 0.15) is 0 Å². The first-order valence-electron chi connectivity index (χ1n) is 6.92. The third-order valence-corrected chi connectivity index (χ3v) is 5.14. The first kappa shape index (κ1) is 13.5. The zero-order chi connectivity index (χ0) is 14.1. The molecule has 1 aliphatic heterocycles. The third-order valence-electron chi connectivity index (χ3n) is 3.93. The van der Waals surface area contributed by atoms with Crippen molar-refractivity contribution in [3.05, 3.63) is 34.7 Å². The summed E-state index contributed by atoms with van der Waals surface area (Å²) in [6.07, 6.45) is 1.24. The molecule has 1 aliphatic rings. The van der Waals surface area contributed by atoms with Crippen molar-refractivity contribution in [3.63, 3.8) is 0 Å². The number of benzene rings is 1. The second kappa shape index (κ2) is 5.52. The second-order valence-corrected chi connectivity index (χ2v) is 6.56. The maximum absolute atomic E-state index is 12.0. The van der Waals surface area contributed by atoms with E-state index in [-0.39, 0.29) is 5.91 Å². The third kappa shape index (κ3) is 2.44. The van der Waals surface area contributed by atoms with Crippen LogP contribution in [0, 0.1) is 5.92 Å². The summed E-state index contributed by atoms with van der Waals surface area (Å²) in [6, 6.07) is 8.18. The van der Waals surface area contributed by atoms with Crippen LogP contribution in [-0.4, -0.2) is 23.9 Å². The topological polar surface area (TPSA) is 58.4 Å². The molecule has 0 radical (unpaired) electrons. The van der Waals surface area contributed by atoms with E-state index in [1.54, 1.807) is 0 Å². The summed E-state index contributed by atoms with van der Waals surface area (Å²) in [5.41, 5.74) is 3.38. The van der Waals surface area contributed by atoms with Crippen LogP contribution in [0.2, 0.25) is 0 Å². The molecule has 3 rings (SSSR count). The van der Waals surface area contributed by atoms with Crippen molar-refractivity contribution < 1.29 is 4.79 Å². The van der Waals surface area contributed by atoms with Crippen molar-refractivity contribution in [3.8, 4) is 0 Å². The fraction of sp³-hybridized carbons (Fsp3) is 0.400. The molecular weight excluding hydrogens is 270 g/mol.